The van der Waals surface area contributed by atoms with Crippen LogP contribution < -0.4 is 0 Å². The molecule has 0 aliphatic heterocycles. The normalized spacial score (nSPS) is 13.2. The van der Waals surface area contributed by atoms with Crippen LogP contribution in [0.4, 0.5) is 0 Å². The standard InChI is InChI=1S/C18H24N2O/c1-12-6-15(18(3,4)5)7-13(2)16(12)8-17(21)14-9-19-11-20-10-14/h6-7,9-11,17,21H,8H2,1-5H3. The third kappa shape index (κ3) is 3.67. The van der Waals surface area contributed by atoms with Crippen LogP contribution in [0.25, 0.3) is 0 Å². The zero-order chi connectivity index (χ0) is 15.6. The topological polar surface area (TPSA) is 46.0 Å². The number of aryl methyl sites for hydroxylation is 2. The van der Waals surface area contributed by atoms with Gasteiger partial charge in [0.2, 0.25) is 0 Å². The van der Waals surface area contributed by atoms with E-state index >= 15 is 0 Å². The molecule has 1 atom stereocenters. The van der Waals surface area contributed by atoms with Gasteiger partial charge in [0, 0.05) is 24.4 Å². The molecule has 21 heavy (non-hydrogen) atoms. The molecule has 3 nitrogen and oxygen atoms in total. The average Bonchev–Trinajstić information content (AvgIpc) is 2.42. The highest BCUT2D eigenvalue weighted by molar-refractivity contribution is 5.41. The predicted octanol–water partition coefficient (Wildman–Crippen LogP) is 3.67. The van der Waals surface area contributed by atoms with E-state index in [9.17, 15) is 5.11 Å². The van der Waals surface area contributed by atoms with Crippen molar-refractivity contribution in [1.82, 2.24) is 9.97 Å². The smallest absolute Gasteiger partial charge is 0.115 e. The van der Waals surface area contributed by atoms with Crippen LogP contribution in [0.1, 0.15) is 54.7 Å². The molecule has 1 heterocycles. The third-order valence-corrected chi connectivity index (χ3v) is 3.92. The van der Waals surface area contributed by atoms with Gasteiger partial charge in [-0.3, -0.25) is 0 Å². The summed E-state index contributed by atoms with van der Waals surface area (Å²) >= 11 is 0. The van der Waals surface area contributed by atoms with Crippen molar-refractivity contribution in [1.29, 1.82) is 0 Å². The third-order valence-electron chi connectivity index (χ3n) is 3.92. The number of aliphatic hydroxyl groups excluding tert-OH is 1. The molecule has 0 fully saturated rings. The fourth-order valence-electron chi connectivity index (χ4n) is 2.54. The quantitative estimate of drug-likeness (QED) is 0.935. The summed E-state index contributed by atoms with van der Waals surface area (Å²) in [5, 5.41) is 10.4. The highest BCUT2D eigenvalue weighted by atomic mass is 16.3. The Labute approximate surface area is 127 Å². The molecule has 0 spiro atoms. The van der Waals surface area contributed by atoms with E-state index in [1.165, 1.54) is 28.6 Å². The van der Waals surface area contributed by atoms with Gasteiger partial charge in [-0.2, -0.15) is 0 Å². The van der Waals surface area contributed by atoms with Crippen LogP contribution in [0.15, 0.2) is 30.9 Å². The molecule has 0 aliphatic carbocycles. The number of benzene rings is 1. The monoisotopic (exact) mass is 284 g/mol. The summed E-state index contributed by atoms with van der Waals surface area (Å²) in [5.74, 6) is 0. The van der Waals surface area contributed by atoms with Gasteiger partial charge < -0.3 is 5.11 Å². The number of hydrogen-bond acceptors (Lipinski definition) is 3. The lowest BCUT2D eigenvalue weighted by Gasteiger charge is -2.23. The lowest BCUT2D eigenvalue weighted by molar-refractivity contribution is 0.177. The predicted molar refractivity (Wildman–Crippen MR) is 85.3 cm³/mol. The van der Waals surface area contributed by atoms with E-state index in [-0.39, 0.29) is 5.41 Å². The maximum atomic E-state index is 10.4. The summed E-state index contributed by atoms with van der Waals surface area (Å²) in [7, 11) is 0. The van der Waals surface area contributed by atoms with Gasteiger partial charge in [-0.15, -0.1) is 0 Å². The van der Waals surface area contributed by atoms with Crippen molar-refractivity contribution in [3.63, 3.8) is 0 Å². The van der Waals surface area contributed by atoms with Crippen LogP contribution in [0, 0.1) is 13.8 Å². The second-order valence-electron chi connectivity index (χ2n) is 6.73. The Morgan fingerprint density at radius 3 is 2.05 bits per heavy atom. The summed E-state index contributed by atoms with van der Waals surface area (Å²) in [5.41, 5.74) is 5.90. The average molecular weight is 284 g/mol. The molecule has 2 rings (SSSR count). The number of aromatic nitrogens is 2. The molecular formula is C18H24N2O. The van der Waals surface area contributed by atoms with Gasteiger partial charge in [-0.25, -0.2) is 9.97 Å². The van der Waals surface area contributed by atoms with Crippen LogP contribution in [-0.2, 0) is 11.8 Å². The minimum Gasteiger partial charge on any atom is -0.388 e. The van der Waals surface area contributed by atoms with Crippen molar-refractivity contribution in [2.24, 2.45) is 0 Å². The number of hydrogen-bond donors (Lipinski definition) is 1. The van der Waals surface area contributed by atoms with Crippen molar-refractivity contribution in [3.05, 3.63) is 58.7 Å². The first-order chi connectivity index (χ1) is 9.79. The van der Waals surface area contributed by atoms with E-state index in [1.807, 2.05) is 0 Å². The van der Waals surface area contributed by atoms with Crippen molar-refractivity contribution >= 4 is 0 Å². The Kier molecular flexibility index (Phi) is 4.43. The second kappa shape index (κ2) is 5.94. The van der Waals surface area contributed by atoms with Crippen LogP contribution in [0.5, 0.6) is 0 Å². The Morgan fingerprint density at radius 1 is 1.05 bits per heavy atom. The summed E-state index contributed by atoms with van der Waals surface area (Å²) in [4.78, 5) is 7.94. The maximum Gasteiger partial charge on any atom is 0.115 e. The minimum absolute atomic E-state index is 0.139. The van der Waals surface area contributed by atoms with Gasteiger partial charge in [0.15, 0.2) is 0 Å². The first-order valence-electron chi connectivity index (χ1n) is 7.32. The van der Waals surface area contributed by atoms with Gasteiger partial charge in [0.25, 0.3) is 0 Å². The molecule has 3 heteroatoms. The second-order valence-corrected chi connectivity index (χ2v) is 6.73. The van der Waals surface area contributed by atoms with E-state index in [0.717, 1.165) is 5.56 Å². The molecule has 2 aromatic rings. The molecule has 1 aromatic heterocycles. The van der Waals surface area contributed by atoms with Crippen molar-refractivity contribution < 1.29 is 5.11 Å². The van der Waals surface area contributed by atoms with E-state index < -0.39 is 6.10 Å². The summed E-state index contributed by atoms with van der Waals surface area (Å²) in [6.45, 7) is 10.9. The molecule has 0 aliphatic rings. The van der Waals surface area contributed by atoms with Crippen LogP contribution in [0.3, 0.4) is 0 Å². The summed E-state index contributed by atoms with van der Waals surface area (Å²) in [6.07, 6.45) is 4.85. The molecule has 1 unspecified atom stereocenters. The van der Waals surface area contributed by atoms with E-state index in [2.05, 4.69) is 56.7 Å². The fourth-order valence-corrected chi connectivity index (χ4v) is 2.54. The molecule has 0 radical (unpaired) electrons. The van der Waals surface area contributed by atoms with Crippen LogP contribution >= 0.6 is 0 Å². The molecule has 1 N–H and O–H groups in total. The van der Waals surface area contributed by atoms with Gasteiger partial charge in [-0.05, 0) is 41.5 Å². The highest BCUT2D eigenvalue weighted by Gasteiger charge is 2.18. The lowest BCUT2D eigenvalue weighted by atomic mass is 9.83. The molecule has 0 saturated heterocycles. The summed E-state index contributed by atoms with van der Waals surface area (Å²) in [6, 6.07) is 4.47. The van der Waals surface area contributed by atoms with Gasteiger partial charge in [0.1, 0.15) is 6.33 Å². The zero-order valence-electron chi connectivity index (χ0n) is 13.5. The van der Waals surface area contributed by atoms with Crippen molar-refractivity contribution in [3.8, 4) is 0 Å². The molecule has 0 saturated carbocycles. The van der Waals surface area contributed by atoms with Gasteiger partial charge in [0.05, 0.1) is 6.10 Å². The molecule has 0 amide bonds. The number of rotatable bonds is 3. The first kappa shape index (κ1) is 15.6. The molecular weight excluding hydrogens is 260 g/mol. The van der Waals surface area contributed by atoms with Crippen molar-refractivity contribution in [2.45, 2.75) is 52.6 Å². The summed E-state index contributed by atoms with van der Waals surface area (Å²) < 4.78 is 0. The first-order valence-corrected chi connectivity index (χ1v) is 7.32. The van der Waals surface area contributed by atoms with Crippen molar-refractivity contribution in [2.75, 3.05) is 0 Å². The SMILES string of the molecule is Cc1cc(C(C)(C)C)cc(C)c1CC(O)c1cncnc1. The fraction of sp³-hybridized carbons (Fsp3) is 0.444. The van der Waals surface area contributed by atoms with E-state index in [4.69, 9.17) is 0 Å². The Hall–Kier alpha value is -1.74. The number of nitrogens with zero attached hydrogens (tertiary/aromatic N) is 2. The van der Waals surface area contributed by atoms with Gasteiger partial charge >= 0.3 is 0 Å². The van der Waals surface area contributed by atoms with E-state index in [0.29, 0.717) is 6.42 Å². The Balaban J connectivity index is 2.29. The van der Waals surface area contributed by atoms with Crippen LogP contribution in [-0.4, -0.2) is 15.1 Å². The van der Waals surface area contributed by atoms with Crippen LogP contribution in [0.2, 0.25) is 0 Å². The minimum atomic E-state index is -0.566. The van der Waals surface area contributed by atoms with E-state index in [1.54, 1.807) is 12.4 Å². The lowest BCUT2D eigenvalue weighted by Crippen LogP contribution is -2.13. The Morgan fingerprint density at radius 2 is 1.57 bits per heavy atom. The maximum absolute atomic E-state index is 10.4. The molecule has 112 valence electrons. The van der Waals surface area contributed by atoms with Gasteiger partial charge in [-0.1, -0.05) is 32.9 Å². The largest absolute Gasteiger partial charge is 0.388 e. The molecule has 0 bridgehead atoms. The highest BCUT2D eigenvalue weighted by Crippen LogP contribution is 2.29. The molecule has 1 aromatic carbocycles. The zero-order valence-corrected chi connectivity index (χ0v) is 13.5. The Bertz CT molecular complexity index is 592. The number of aliphatic hydroxyl groups is 1.